The molecule has 60 valence electrons. The maximum Gasteiger partial charge on any atom is -0.0303 e. The third-order valence-electron chi connectivity index (χ3n) is 1.63. The average molecular weight is 148 g/mol. The normalized spacial score (nSPS) is 13.0. The summed E-state index contributed by atoms with van der Waals surface area (Å²) in [6, 6.07) is 0. The van der Waals surface area contributed by atoms with E-state index < -0.39 is 0 Å². The number of hydrogen-bond donors (Lipinski definition) is 0. The van der Waals surface area contributed by atoms with Gasteiger partial charge in [-0.25, -0.2) is 0 Å². The fourth-order valence-corrected chi connectivity index (χ4v) is 0.633. The first kappa shape index (κ1) is 9.96. The number of rotatable bonds is 3. The Labute approximate surface area is 69.6 Å². The lowest BCUT2D eigenvalue weighted by Crippen LogP contribution is -1.78. The molecule has 0 aliphatic heterocycles. The van der Waals surface area contributed by atoms with Gasteiger partial charge in [-0.1, -0.05) is 37.0 Å². The van der Waals surface area contributed by atoms with Gasteiger partial charge in [0.25, 0.3) is 0 Å². The second-order valence-corrected chi connectivity index (χ2v) is 2.60. The lowest BCUT2D eigenvalue weighted by Gasteiger charge is -1.98. The molecule has 0 aliphatic carbocycles. The van der Waals surface area contributed by atoms with Crippen molar-refractivity contribution in [3.63, 3.8) is 0 Å². The Morgan fingerprint density at radius 1 is 1.27 bits per heavy atom. The van der Waals surface area contributed by atoms with Crippen molar-refractivity contribution in [3.8, 4) is 0 Å². The molecule has 0 aliphatic rings. The smallest absolute Gasteiger partial charge is 0.0303 e. The van der Waals surface area contributed by atoms with Crippen molar-refractivity contribution < 1.29 is 0 Å². The molecule has 0 rings (SSSR count). The van der Waals surface area contributed by atoms with Gasteiger partial charge in [-0.15, -0.1) is 0 Å². The third-order valence-corrected chi connectivity index (χ3v) is 1.63. The summed E-state index contributed by atoms with van der Waals surface area (Å²) in [5.41, 5.74) is 3.45. The van der Waals surface area contributed by atoms with Crippen molar-refractivity contribution in [1.82, 2.24) is 0 Å². The van der Waals surface area contributed by atoms with Gasteiger partial charge in [0.15, 0.2) is 0 Å². The van der Waals surface area contributed by atoms with E-state index >= 15 is 0 Å². The Balaban J connectivity index is 4.53. The van der Waals surface area contributed by atoms with Crippen LogP contribution in [0.1, 0.15) is 20.8 Å². The maximum absolute atomic E-state index is 3.85. The number of allylic oxidation sites excluding steroid dienone is 6. The minimum atomic E-state index is 1.10. The monoisotopic (exact) mass is 148 g/mol. The molecule has 11 heavy (non-hydrogen) atoms. The van der Waals surface area contributed by atoms with E-state index in [-0.39, 0.29) is 0 Å². The van der Waals surface area contributed by atoms with Crippen molar-refractivity contribution in [2.45, 2.75) is 20.8 Å². The van der Waals surface area contributed by atoms with Gasteiger partial charge in [-0.05, 0) is 31.9 Å². The predicted octanol–water partition coefficient (Wildman–Crippen LogP) is 3.64. The zero-order valence-electron chi connectivity index (χ0n) is 7.65. The third kappa shape index (κ3) is 3.61. The van der Waals surface area contributed by atoms with Crippen LogP contribution in [0.4, 0.5) is 0 Å². The van der Waals surface area contributed by atoms with Crippen molar-refractivity contribution >= 4 is 0 Å². The molecule has 0 aromatic rings. The van der Waals surface area contributed by atoms with Crippen molar-refractivity contribution in [3.05, 3.63) is 48.1 Å². The Morgan fingerprint density at radius 3 is 2.09 bits per heavy atom. The van der Waals surface area contributed by atoms with E-state index in [9.17, 15) is 0 Å². The SMILES string of the molecule is C=CC(=C/C)/C=C(/C)C(=C)C. The highest BCUT2D eigenvalue weighted by atomic mass is 13.9. The van der Waals surface area contributed by atoms with Gasteiger partial charge < -0.3 is 0 Å². The second kappa shape index (κ2) is 4.73. The van der Waals surface area contributed by atoms with E-state index in [0.717, 1.165) is 11.1 Å². The molecule has 0 heterocycles. The summed E-state index contributed by atoms with van der Waals surface area (Å²) in [5, 5.41) is 0. The molecule has 0 atom stereocenters. The molecule has 0 nitrogen and oxygen atoms in total. The highest BCUT2D eigenvalue weighted by Crippen LogP contribution is 2.09. The van der Waals surface area contributed by atoms with Gasteiger partial charge in [-0.3, -0.25) is 0 Å². The van der Waals surface area contributed by atoms with Crippen molar-refractivity contribution in [2.24, 2.45) is 0 Å². The van der Waals surface area contributed by atoms with Crippen LogP contribution in [-0.2, 0) is 0 Å². The summed E-state index contributed by atoms with van der Waals surface area (Å²) < 4.78 is 0. The highest BCUT2D eigenvalue weighted by molar-refractivity contribution is 5.37. The number of hydrogen-bond acceptors (Lipinski definition) is 0. The maximum atomic E-state index is 3.85. The first-order valence-corrected chi connectivity index (χ1v) is 3.74. The lowest BCUT2D eigenvalue weighted by molar-refractivity contribution is 1.35. The fourth-order valence-electron chi connectivity index (χ4n) is 0.633. The minimum absolute atomic E-state index is 1.10. The van der Waals surface area contributed by atoms with Crippen LogP contribution >= 0.6 is 0 Å². The largest absolute Gasteiger partial charge is 0.0985 e. The molecular weight excluding hydrogens is 132 g/mol. The molecule has 0 heteroatoms. The fraction of sp³-hybridized carbons (Fsp3) is 0.273. The minimum Gasteiger partial charge on any atom is -0.0985 e. The Kier molecular flexibility index (Phi) is 4.28. The summed E-state index contributed by atoms with van der Waals surface area (Å²) in [7, 11) is 0. The molecule has 0 aromatic heterocycles. The van der Waals surface area contributed by atoms with Crippen LogP contribution in [0.5, 0.6) is 0 Å². The van der Waals surface area contributed by atoms with Crippen LogP contribution in [0.3, 0.4) is 0 Å². The van der Waals surface area contributed by atoms with E-state index in [4.69, 9.17) is 0 Å². The van der Waals surface area contributed by atoms with E-state index in [1.54, 1.807) is 0 Å². The van der Waals surface area contributed by atoms with Crippen LogP contribution in [0, 0.1) is 0 Å². The molecular formula is C11H16. The quantitative estimate of drug-likeness (QED) is 0.536. The molecule has 0 amide bonds. The van der Waals surface area contributed by atoms with Crippen LogP contribution in [0.25, 0.3) is 0 Å². The van der Waals surface area contributed by atoms with Gasteiger partial charge in [0.2, 0.25) is 0 Å². The van der Waals surface area contributed by atoms with Gasteiger partial charge >= 0.3 is 0 Å². The summed E-state index contributed by atoms with van der Waals surface area (Å²) in [4.78, 5) is 0. The van der Waals surface area contributed by atoms with E-state index in [2.05, 4.69) is 26.2 Å². The summed E-state index contributed by atoms with van der Waals surface area (Å²) in [6.07, 6.45) is 5.95. The molecule has 0 N–H and O–H groups in total. The summed E-state index contributed by atoms with van der Waals surface area (Å²) in [5.74, 6) is 0. The van der Waals surface area contributed by atoms with Crippen molar-refractivity contribution in [1.29, 1.82) is 0 Å². The van der Waals surface area contributed by atoms with Gasteiger partial charge in [0.1, 0.15) is 0 Å². The van der Waals surface area contributed by atoms with Gasteiger partial charge in [-0.2, -0.15) is 0 Å². The van der Waals surface area contributed by atoms with Gasteiger partial charge in [0.05, 0.1) is 0 Å². The van der Waals surface area contributed by atoms with E-state index in [0.29, 0.717) is 0 Å². The summed E-state index contributed by atoms with van der Waals surface area (Å²) >= 11 is 0. The van der Waals surface area contributed by atoms with Crippen molar-refractivity contribution in [2.75, 3.05) is 0 Å². The first-order chi connectivity index (χ1) is 5.11. The Hall–Kier alpha value is -1.04. The van der Waals surface area contributed by atoms with Crippen LogP contribution in [0.2, 0.25) is 0 Å². The Morgan fingerprint density at radius 2 is 1.82 bits per heavy atom. The molecule has 0 saturated heterocycles. The average Bonchev–Trinajstić information content (AvgIpc) is 1.99. The molecule has 0 radical (unpaired) electrons. The second-order valence-electron chi connectivity index (χ2n) is 2.60. The predicted molar refractivity (Wildman–Crippen MR) is 52.5 cm³/mol. The topological polar surface area (TPSA) is 0 Å². The molecule has 0 unspecified atom stereocenters. The molecule has 0 saturated carbocycles. The first-order valence-electron chi connectivity index (χ1n) is 3.74. The zero-order chi connectivity index (χ0) is 8.85. The molecule has 0 aromatic carbocycles. The lowest BCUT2D eigenvalue weighted by atomic mass is 10.1. The van der Waals surface area contributed by atoms with E-state index in [1.807, 2.05) is 26.0 Å². The summed E-state index contributed by atoms with van der Waals surface area (Å²) in [6.45, 7) is 13.6. The van der Waals surface area contributed by atoms with Crippen LogP contribution < -0.4 is 0 Å². The zero-order valence-corrected chi connectivity index (χ0v) is 7.65. The highest BCUT2D eigenvalue weighted by Gasteiger charge is 1.89. The van der Waals surface area contributed by atoms with Gasteiger partial charge in [0, 0.05) is 0 Å². The molecule has 0 spiro atoms. The van der Waals surface area contributed by atoms with Crippen LogP contribution in [-0.4, -0.2) is 0 Å². The van der Waals surface area contributed by atoms with Crippen LogP contribution in [0.15, 0.2) is 48.1 Å². The van der Waals surface area contributed by atoms with E-state index in [1.165, 1.54) is 5.57 Å². The Bertz CT molecular complexity index is 214. The molecule has 0 bridgehead atoms. The molecule has 0 fully saturated rings. The standard InChI is InChI=1S/C11H16/c1-6-11(7-2)8-10(5)9(3)4/h6-8H,1,3H2,2,4-5H3/b10-8-,11-7-.